The highest BCUT2D eigenvalue weighted by molar-refractivity contribution is 7.98. The largest absolute Gasteiger partial charge is 0.463 e. The van der Waals surface area contributed by atoms with Gasteiger partial charge >= 0.3 is 5.97 Å². The topological polar surface area (TPSA) is 98.9 Å². The maximum Gasteiger partial charge on any atom is 0.373 e. The first-order valence-electron chi connectivity index (χ1n) is 7.84. The molecule has 0 spiro atoms. The summed E-state index contributed by atoms with van der Waals surface area (Å²) in [5, 5.41) is 0.655. The van der Waals surface area contributed by atoms with E-state index in [2.05, 4.69) is 9.72 Å². The van der Waals surface area contributed by atoms with Gasteiger partial charge in [0.05, 0.1) is 31.1 Å². The van der Waals surface area contributed by atoms with E-state index < -0.39 is 16.0 Å². The van der Waals surface area contributed by atoms with E-state index in [0.29, 0.717) is 42.8 Å². The van der Waals surface area contributed by atoms with Crippen LogP contribution in [0.15, 0.2) is 44.8 Å². The Morgan fingerprint density at radius 2 is 2.04 bits per heavy atom. The molecule has 1 fully saturated rings. The van der Waals surface area contributed by atoms with Crippen molar-refractivity contribution in [2.75, 3.05) is 33.4 Å². The number of carbonyl (C=O) groups is 1. The molecule has 0 unspecified atom stereocenters. The predicted molar refractivity (Wildman–Crippen MR) is 93.4 cm³/mol. The van der Waals surface area contributed by atoms with Crippen molar-refractivity contribution in [1.82, 2.24) is 9.29 Å². The Hall–Kier alpha value is -1.88. The van der Waals surface area contributed by atoms with Crippen LogP contribution < -0.4 is 0 Å². The van der Waals surface area contributed by atoms with Crippen molar-refractivity contribution in [2.45, 2.75) is 15.7 Å². The standard InChI is InChI=1S/C16H18N2O6S2/c1-22-16(19)14-4-2-12(24-14)11-25-15-5-3-13(10-17-15)26(20,21)18-6-8-23-9-7-18/h2-5,10H,6-9,11H2,1H3. The van der Waals surface area contributed by atoms with E-state index in [1.165, 1.54) is 29.4 Å². The fourth-order valence-corrected chi connectivity index (χ4v) is 4.44. The molecule has 0 atom stereocenters. The Bertz CT molecular complexity index is 857. The fraction of sp³-hybridized carbons (Fsp3) is 0.375. The number of furan rings is 1. The van der Waals surface area contributed by atoms with Crippen LogP contribution >= 0.6 is 11.8 Å². The Balaban J connectivity index is 1.62. The van der Waals surface area contributed by atoms with Crippen molar-refractivity contribution in [3.63, 3.8) is 0 Å². The molecule has 0 N–H and O–H groups in total. The summed E-state index contributed by atoms with van der Waals surface area (Å²) >= 11 is 1.38. The van der Waals surface area contributed by atoms with Crippen molar-refractivity contribution >= 4 is 27.8 Å². The molecule has 140 valence electrons. The number of thioether (sulfide) groups is 1. The van der Waals surface area contributed by atoms with Crippen LogP contribution in [0, 0.1) is 0 Å². The number of pyridine rings is 1. The van der Waals surface area contributed by atoms with Gasteiger partial charge in [-0.1, -0.05) is 11.8 Å². The van der Waals surface area contributed by atoms with E-state index >= 15 is 0 Å². The molecule has 0 aromatic carbocycles. The molecule has 0 amide bonds. The van der Waals surface area contributed by atoms with E-state index in [0.717, 1.165) is 0 Å². The van der Waals surface area contributed by atoms with Crippen molar-refractivity contribution in [2.24, 2.45) is 0 Å². The normalized spacial score (nSPS) is 15.7. The molecule has 3 heterocycles. The van der Waals surface area contributed by atoms with Crippen LogP contribution in [0.4, 0.5) is 0 Å². The number of sulfonamides is 1. The summed E-state index contributed by atoms with van der Waals surface area (Å²) in [5.41, 5.74) is 0. The van der Waals surface area contributed by atoms with E-state index in [1.54, 1.807) is 24.3 Å². The summed E-state index contributed by atoms with van der Waals surface area (Å²) in [7, 11) is -2.26. The second-order valence-corrected chi connectivity index (χ2v) is 8.33. The van der Waals surface area contributed by atoms with E-state index in [-0.39, 0.29) is 10.7 Å². The lowest BCUT2D eigenvalue weighted by Gasteiger charge is -2.25. The summed E-state index contributed by atoms with van der Waals surface area (Å²) in [4.78, 5) is 15.7. The van der Waals surface area contributed by atoms with Crippen LogP contribution in [-0.4, -0.2) is 57.1 Å². The van der Waals surface area contributed by atoms with Gasteiger partial charge in [-0.15, -0.1) is 0 Å². The van der Waals surface area contributed by atoms with Gasteiger partial charge in [0.15, 0.2) is 0 Å². The zero-order valence-corrected chi connectivity index (χ0v) is 15.7. The molecule has 26 heavy (non-hydrogen) atoms. The Morgan fingerprint density at radius 3 is 2.69 bits per heavy atom. The van der Waals surface area contributed by atoms with Gasteiger partial charge < -0.3 is 13.9 Å². The molecule has 0 aliphatic carbocycles. The Morgan fingerprint density at radius 1 is 1.27 bits per heavy atom. The van der Waals surface area contributed by atoms with Crippen molar-refractivity contribution in [3.05, 3.63) is 42.0 Å². The first kappa shape index (κ1) is 18.9. The Kier molecular flexibility index (Phi) is 5.97. The number of nitrogens with zero attached hydrogens (tertiary/aromatic N) is 2. The van der Waals surface area contributed by atoms with Crippen LogP contribution in [0.3, 0.4) is 0 Å². The lowest BCUT2D eigenvalue weighted by Crippen LogP contribution is -2.40. The fourth-order valence-electron chi connectivity index (χ4n) is 2.35. The molecule has 2 aromatic heterocycles. The number of ether oxygens (including phenoxy) is 2. The first-order chi connectivity index (χ1) is 12.5. The highest BCUT2D eigenvalue weighted by atomic mass is 32.2. The van der Waals surface area contributed by atoms with Crippen molar-refractivity contribution in [1.29, 1.82) is 0 Å². The molecule has 1 saturated heterocycles. The zero-order valence-electron chi connectivity index (χ0n) is 14.1. The molecule has 1 aliphatic rings. The molecule has 1 aliphatic heterocycles. The molecule has 0 saturated carbocycles. The van der Waals surface area contributed by atoms with Gasteiger partial charge in [-0.25, -0.2) is 18.2 Å². The lowest BCUT2D eigenvalue weighted by atomic mass is 10.4. The number of rotatable bonds is 6. The highest BCUT2D eigenvalue weighted by Gasteiger charge is 2.26. The third-order valence-corrected chi connectivity index (χ3v) is 6.58. The van der Waals surface area contributed by atoms with Gasteiger partial charge in [0.25, 0.3) is 0 Å². The van der Waals surface area contributed by atoms with Crippen LogP contribution in [0.1, 0.15) is 16.3 Å². The first-order valence-corrected chi connectivity index (χ1v) is 10.3. The Labute approximate surface area is 155 Å². The number of esters is 1. The molecular formula is C16H18N2O6S2. The van der Waals surface area contributed by atoms with Crippen LogP contribution in [0.2, 0.25) is 0 Å². The molecule has 8 nitrogen and oxygen atoms in total. The van der Waals surface area contributed by atoms with Crippen molar-refractivity contribution in [3.8, 4) is 0 Å². The second-order valence-electron chi connectivity index (χ2n) is 5.39. The van der Waals surface area contributed by atoms with E-state index in [9.17, 15) is 13.2 Å². The van der Waals surface area contributed by atoms with Gasteiger partial charge in [-0.3, -0.25) is 0 Å². The zero-order chi connectivity index (χ0) is 18.6. The average molecular weight is 398 g/mol. The smallest absolute Gasteiger partial charge is 0.373 e. The minimum atomic E-state index is -3.54. The van der Waals surface area contributed by atoms with Gasteiger partial charge in [0, 0.05) is 19.3 Å². The van der Waals surface area contributed by atoms with Crippen LogP contribution in [0.25, 0.3) is 0 Å². The van der Waals surface area contributed by atoms with Gasteiger partial charge in [-0.05, 0) is 24.3 Å². The molecule has 2 aromatic rings. The number of hydrogen-bond donors (Lipinski definition) is 0. The number of carbonyl (C=O) groups excluding carboxylic acids is 1. The minimum absolute atomic E-state index is 0.142. The quantitative estimate of drug-likeness (QED) is 0.536. The molecule has 3 rings (SSSR count). The molecule has 0 bridgehead atoms. The predicted octanol–water partition coefficient (Wildman–Crippen LogP) is 1.77. The number of methoxy groups -OCH3 is 1. The summed E-state index contributed by atoms with van der Waals surface area (Å²) in [6.07, 6.45) is 1.36. The van der Waals surface area contributed by atoms with E-state index in [1.807, 2.05) is 0 Å². The van der Waals surface area contributed by atoms with E-state index in [4.69, 9.17) is 9.15 Å². The van der Waals surface area contributed by atoms with Crippen LogP contribution in [0.5, 0.6) is 0 Å². The maximum atomic E-state index is 12.5. The van der Waals surface area contributed by atoms with Gasteiger partial charge in [0.2, 0.25) is 15.8 Å². The molecule has 10 heteroatoms. The van der Waals surface area contributed by atoms with Gasteiger partial charge in [-0.2, -0.15) is 4.31 Å². The van der Waals surface area contributed by atoms with Gasteiger partial charge in [0.1, 0.15) is 10.7 Å². The molecular weight excluding hydrogens is 380 g/mol. The van der Waals surface area contributed by atoms with Crippen molar-refractivity contribution < 1.29 is 27.1 Å². The third-order valence-electron chi connectivity index (χ3n) is 3.73. The monoisotopic (exact) mass is 398 g/mol. The number of morpholine rings is 1. The lowest BCUT2D eigenvalue weighted by molar-refractivity contribution is 0.0563. The highest BCUT2D eigenvalue weighted by Crippen LogP contribution is 2.24. The molecule has 0 radical (unpaired) electrons. The van der Waals surface area contributed by atoms with Crippen LogP contribution in [-0.2, 0) is 25.2 Å². The minimum Gasteiger partial charge on any atom is -0.463 e. The summed E-state index contributed by atoms with van der Waals surface area (Å²) < 4.78 is 41.6. The number of hydrogen-bond acceptors (Lipinski definition) is 8. The average Bonchev–Trinajstić information content (AvgIpc) is 3.16. The summed E-state index contributed by atoms with van der Waals surface area (Å²) in [6, 6.07) is 6.44. The maximum absolute atomic E-state index is 12.5. The number of aromatic nitrogens is 1. The SMILES string of the molecule is COC(=O)c1ccc(CSc2ccc(S(=O)(=O)N3CCOCC3)cn2)o1. The summed E-state index contributed by atoms with van der Waals surface area (Å²) in [6.45, 7) is 1.49. The summed E-state index contributed by atoms with van der Waals surface area (Å²) in [5.74, 6) is 0.668. The third kappa shape index (κ3) is 4.26. The second kappa shape index (κ2) is 8.21.